The largest absolute Gasteiger partial charge is 0.269 e. The number of hydrogen-bond acceptors (Lipinski definition) is 2. The van der Waals surface area contributed by atoms with E-state index in [1.807, 2.05) is 0 Å². The van der Waals surface area contributed by atoms with Crippen molar-refractivity contribution in [3.63, 3.8) is 0 Å². The van der Waals surface area contributed by atoms with Crippen molar-refractivity contribution in [2.24, 2.45) is 0 Å². The van der Waals surface area contributed by atoms with E-state index in [0.29, 0.717) is 0 Å². The van der Waals surface area contributed by atoms with Gasteiger partial charge in [0.15, 0.2) is 0 Å². The van der Waals surface area contributed by atoms with Crippen molar-refractivity contribution in [3.05, 3.63) is 40.4 Å². The zero-order valence-electron chi connectivity index (χ0n) is 5.77. The van der Waals surface area contributed by atoms with Crippen molar-refractivity contribution in [1.82, 2.24) is 0 Å². The van der Waals surface area contributed by atoms with Crippen LogP contribution in [0.15, 0.2) is 30.3 Å². The Balaban J connectivity index is 0. The number of halogens is 1. The van der Waals surface area contributed by atoms with E-state index in [-0.39, 0.29) is 37.6 Å². The molecule has 0 aromatic heterocycles. The molecule has 0 bridgehead atoms. The summed E-state index contributed by atoms with van der Waals surface area (Å²) in [6.45, 7) is 0. The molecular weight excluding hydrogens is 219 g/mol. The molecule has 3 nitrogen and oxygen atoms in total. The minimum absolute atomic E-state index is 0. The fourth-order valence-corrected chi connectivity index (χ4v) is 0.550. The van der Waals surface area contributed by atoms with Crippen LogP contribution in [-0.2, 0) is 19.5 Å². The molecule has 1 rings (SSSR count). The maximum absolute atomic E-state index is 10.0. The summed E-state index contributed by atoms with van der Waals surface area (Å²) in [6.07, 6.45) is 0. The summed E-state index contributed by atoms with van der Waals surface area (Å²) in [5.74, 6) is 0. The van der Waals surface area contributed by atoms with Crippen LogP contribution < -0.4 is 0 Å². The Kier molecular flexibility index (Phi) is 7.48. The van der Waals surface area contributed by atoms with E-state index in [1.54, 1.807) is 18.2 Å². The number of nitrogens with zero attached hydrogens (tertiary/aromatic N) is 1. The third kappa shape index (κ3) is 4.07. The quantitative estimate of drug-likeness (QED) is 0.416. The number of nitro benzene ring substituents is 1. The smallest absolute Gasteiger partial charge is 0.258 e. The summed E-state index contributed by atoms with van der Waals surface area (Å²) in [6, 6.07) is 7.93. The van der Waals surface area contributed by atoms with Gasteiger partial charge < -0.3 is 0 Å². The van der Waals surface area contributed by atoms with E-state index >= 15 is 0 Å². The molecule has 1 aromatic rings. The van der Waals surface area contributed by atoms with Gasteiger partial charge in [-0.05, 0) is 0 Å². The maximum atomic E-state index is 10.0. The molecule has 11 heavy (non-hydrogen) atoms. The van der Waals surface area contributed by atoms with Gasteiger partial charge >= 0.3 is 0 Å². The van der Waals surface area contributed by atoms with E-state index in [9.17, 15) is 10.1 Å². The number of para-hydroxylation sites is 1. The third-order valence-corrected chi connectivity index (χ3v) is 0.967. The van der Waals surface area contributed by atoms with Gasteiger partial charge in [-0.25, -0.2) is 0 Å². The second kappa shape index (κ2) is 6.26. The number of benzene rings is 1. The number of rotatable bonds is 1. The summed E-state index contributed by atoms with van der Waals surface area (Å²) in [4.78, 5) is 9.59. The van der Waals surface area contributed by atoms with Gasteiger partial charge in [0.1, 0.15) is 0 Å². The molecule has 0 atom stereocenters. The Hall–Kier alpha value is -0.467. The molecule has 0 saturated heterocycles. The number of hydrogen-bond donors (Lipinski definition) is 0. The molecule has 0 fully saturated rings. The van der Waals surface area contributed by atoms with Crippen LogP contribution in [0.5, 0.6) is 0 Å². The molecule has 1 aromatic carbocycles. The predicted molar refractivity (Wildman–Crippen MR) is 40.3 cm³/mol. The van der Waals surface area contributed by atoms with Crippen LogP contribution >= 0.6 is 12.4 Å². The van der Waals surface area contributed by atoms with Crippen LogP contribution in [0.2, 0.25) is 0 Å². The number of nitro groups is 1. The molecule has 0 heterocycles. The molecular formula is C6H6ClNO2Zn. The molecule has 0 unspecified atom stereocenters. The SMILES string of the molecule is Cl.O=[N+]([O-])c1ccccc1.[Zn]. The van der Waals surface area contributed by atoms with Crippen molar-refractivity contribution in [3.8, 4) is 0 Å². The molecule has 5 heteroatoms. The van der Waals surface area contributed by atoms with Crippen LogP contribution in [0.1, 0.15) is 0 Å². The van der Waals surface area contributed by atoms with Crippen LogP contribution in [0, 0.1) is 10.1 Å². The average Bonchev–Trinajstić information content (AvgIpc) is 1.90. The molecule has 0 amide bonds. The van der Waals surface area contributed by atoms with Gasteiger partial charge in [0.25, 0.3) is 5.69 Å². The first kappa shape index (κ1) is 13.1. The summed E-state index contributed by atoms with van der Waals surface area (Å²) < 4.78 is 0. The van der Waals surface area contributed by atoms with E-state index in [2.05, 4.69) is 0 Å². The standard InChI is InChI=1S/C6H5NO2.ClH.Zn/c8-7(9)6-4-2-1-3-5-6;;/h1-5H;1H;. The van der Waals surface area contributed by atoms with Gasteiger partial charge in [-0.1, -0.05) is 18.2 Å². The molecule has 0 aliphatic rings. The van der Waals surface area contributed by atoms with Gasteiger partial charge in [0, 0.05) is 31.6 Å². The summed E-state index contributed by atoms with van der Waals surface area (Å²) in [5, 5.41) is 10.0. The first-order chi connectivity index (χ1) is 4.30. The first-order valence-corrected chi connectivity index (χ1v) is 2.50. The minimum Gasteiger partial charge on any atom is -0.258 e. The Morgan fingerprint density at radius 1 is 1.18 bits per heavy atom. The first-order valence-electron chi connectivity index (χ1n) is 2.50. The minimum atomic E-state index is -0.417. The van der Waals surface area contributed by atoms with E-state index in [4.69, 9.17) is 0 Å². The Morgan fingerprint density at radius 3 is 1.91 bits per heavy atom. The Morgan fingerprint density at radius 2 is 1.64 bits per heavy atom. The fourth-order valence-electron chi connectivity index (χ4n) is 0.550. The van der Waals surface area contributed by atoms with Crippen molar-refractivity contribution in [2.75, 3.05) is 0 Å². The van der Waals surface area contributed by atoms with Crippen LogP contribution in [0.3, 0.4) is 0 Å². The molecule has 0 spiro atoms. The fraction of sp³-hybridized carbons (Fsp3) is 0. The predicted octanol–water partition coefficient (Wildman–Crippen LogP) is 2.01. The van der Waals surface area contributed by atoms with Gasteiger partial charge in [0.2, 0.25) is 0 Å². The normalized spacial score (nSPS) is 7.27. The molecule has 0 aliphatic carbocycles. The summed E-state index contributed by atoms with van der Waals surface area (Å²) in [7, 11) is 0. The summed E-state index contributed by atoms with van der Waals surface area (Å²) in [5.41, 5.74) is 0.137. The Labute approximate surface area is 83.1 Å². The van der Waals surface area contributed by atoms with E-state index in [0.717, 1.165) is 0 Å². The molecule has 0 radical (unpaired) electrons. The topological polar surface area (TPSA) is 43.1 Å². The second-order valence-corrected chi connectivity index (χ2v) is 1.59. The monoisotopic (exact) mass is 223 g/mol. The molecule has 0 aliphatic heterocycles. The van der Waals surface area contributed by atoms with Crippen molar-refractivity contribution < 1.29 is 24.4 Å². The van der Waals surface area contributed by atoms with Crippen molar-refractivity contribution in [1.29, 1.82) is 0 Å². The van der Waals surface area contributed by atoms with Crippen LogP contribution in [-0.4, -0.2) is 4.92 Å². The molecule has 0 N–H and O–H groups in total. The Bertz CT molecular complexity index is 217. The number of non-ortho nitro benzene ring substituents is 1. The van der Waals surface area contributed by atoms with Crippen molar-refractivity contribution in [2.45, 2.75) is 0 Å². The molecule has 0 saturated carbocycles. The zero-order chi connectivity index (χ0) is 6.69. The summed E-state index contributed by atoms with van der Waals surface area (Å²) >= 11 is 0. The van der Waals surface area contributed by atoms with Gasteiger partial charge in [-0.2, -0.15) is 0 Å². The van der Waals surface area contributed by atoms with Gasteiger partial charge in [-0.15, -0.1) is 12.4 Å². The average molecular weight is 225 g/mol. The van der Waals surface area contributed by atoms with E-state index in [1.165, 1.54) is 12.1 Å². The van der Waals surface area contributed by atoms with Gasteiger partial charge in [0.05, 0.1) is 4.92 Å². The zero-order valence-corrected chi connectivity index (χ0v) is 9.55. The van der Waals surface area contributed by atoms with E-state index < -0.39 is 4.92 Å². The van der Waals surface area contributed by atoms with Gasteiger partial charge in [-0.3, -0.25) is 10.1 Å². The third-order valence-electron chi connectivity index (χ3n) is 0.967. The molecule has 56 valence electrons. The van der Waals surface area contributed by atoms with Crippen LogP contribution in [0.4, 0.5) is 5.69 Å². The second-order valence-electron chi connectivity index (χ2n) is 1.59. The van der Waals surface area contributed by atoms with Crippen molar-refractivity contribution >= 4 is 18.1 Å². The maximum Gasteiger partial charge on any atom is 0.269 e. The van der Waals surface area contributed by atoms with Crippen LogP contribution in [0.25, 0.3) is 0 Å².